The molecule has 0 radical (unpaired) electrons. The number of benzene rings is 1. The van der Waals surface area contributed by atoms with Crippen molar-refractivity contribution in [3.63, 3.8) is 0 Å². The van der Waals surface area contributed by atoms with Crippen LogP contribution in [0.25, 0.3) is 0 Å². The van der Waals surface area contributed by atoms with E-state index in [-0.39, 0.29) is 17.3 Å². The molecule has 1 rings (SSSR count). The zero-order chi connectivity index (χ0) is 13.0. The molecule has 3 nitrogen and oxygen atoms in total. The number of aromatic hydroxyl groups is 2. The molecule has 2 N–H and O–H groups in total. The van der Waals surface area contributed by atoms with Crippen LogP contribution in [0.3, 0.4) is 0 Å². The van der Waals surface area contributed by atoms with E-state index in [2.05, 4.69) is 0 Å². The molecule has 0 aliphatic rings. The molecule has 0 amide bonds. The molecule has 0 bridgehead atoms. The number of rotatable bonds is 4. The molecule has 0 spiro atoms. The first-order chi connectivity index (χ1) is 7.99. The molecule has 1 aromatic rings. The maximum absolute atomic E-state index is 11.9. The van der Waals surface area contributed by atoms with Crippen LogP contribution in [-0.4, -0.2) is 16.0 Å². The molecule has 0 saturated heterocycles. The lowest BCUT2D eigenvalue weighted by atomic mass is 9.97. The minimum atomic E-state index is -0.195. The normalized spacial score (nSPS) is 11.0. The molecule has 0 saturated carbocycles. The average Bonchev–Trinajstić information content (AvgIpc) is 2.31. The smallest absolute Gasteiger partial charge is 0.163 e. The van der Waals surface area contributed by atoms with Crippen LogP contribution in [0.2, 0.25) is 0 Å². The van der Waals surface area contributed by atoms with Crippen molar-refractivity contribution < 1.29 is 15.0 Å². The van der Waals surface area contributed by atoms with Crippen molar-refractivity contribution in [2.75, 3.05) is 0 Å². The second-order valence-electron chi connectivity index (χ2n) is 4.09. The van der Waals surface area contributed by atoms with Crippen LogP contribution < -0.4 is 0 Å². The van der Waals surface area contributed by atoms with Gasteiger partial charge < -0.3 is 10.2 Å². The summed E-state index contributed by atoms with van der Waals surface area (Å²) in [7, 11) is 0. The predicted octanol–water partition coefficient (Wildman–Crippen LogP) is 3.25. The quantitative estimate of drug-likeness (QED) is 0.477. The van der Waals surface area contributed by atoms with Gasteiger partial charge in [-0.1, -0.05) is 12.2 Å². The summed E-state index contributed by atoms with van der Waals surface area (Å²) in [5.74, 6) is -0.356. The topological polar surface area (TPSA) is 57.5 Å². The standard InChI is InChI=1S/C14H18O3/c1-4-5-6-7-12(15)11-8-9(2)13(16)14(17)10(11)3/h4-5,8,16-17H,6-7H2,1-3H3/b5-4+. The summed E-state index contributed by atoms with van der Waals surface area (Å²) in [6.07, 6.45) is 4.93. The Morgan fingerprint density at radius 1 is 1.29 bits per heavy atom. The highest BCUT2D eigenvalue weighted by Gasteiger charge is 2.16. The first kappa shape index (κ1) is 13.3. The van der Waals surface area contributed by atoms with Crippen molar-refractivity contribution >= 4 is 5.78 Å². The minimum Gasteiger partial charge on any atom is -0.504 e. The Labute approximate surface area is 101 Å². The molecule has 1 aromatic carbocycles. The van der Waals surface area contributed by atoms with Crippen molar-refractivity contribution in [3.8, 4) is 11.5 Å². The highest BCUT2D eigenvalue weighted by Crippen LogP contribution is 2.34. The zero-order valence-corrected chi connectivity index (χ0v) is 10.4. The molecule has 0 fully saturated rings. The first-order valence-electron chi connectivity index (χ1n) is 5.65. The maximum Gasteiger partial charge on any atom is 0.163 e. The highest BCUT2D eigenvalue weighted by molar-refractivity contribution is 5.98. The monoisotopic (exact) mass is 234 g/mol. The van der Waals surface area contributed by atoms with E-state index in [0.717, 1.165) is 0 Å². The summed E-state index contributed by atoms with van der Waals surface area (Å²) in [6.45, 7) is 5.21. The van der Waals surface area contributed by atoms with E-state index in [0.29, 0.717) is 29.5 Å². The van der Waals surface area contributed by atoms with Gasteiger partial charge in [-0.25, -0.2) is 0 Å². The van der Waals surface area contributed by atoms with Crippen molar-refractivity contribution in [2.24, 2.45) is 0 Å². The Hall–Kier alpha value is -1.77. The average molecular weight is 234 g/mol. The number of hydrogen-bond acceptors (Lipinski definition) is 3. The first-order valence-corrected chi connectivity index (χ1v) is 5.65. The van der Waals surface area contributed by atoms with E-state index in [1.807, 2.05) is 19.1 Å². The lowest BCUT2D eigenvalue weighted by Gasteiger charge is -2.10. The predicted molar refractivity (Wildman–Crippen MR) is 67.6 cm³/mol. The van der Waals surface area contributed by atoms with E-state index in [1.54, 1.807) is 19.9 Å². The van der Waals surface area contributed by atoms with Crippen LogP contribution in [0.4, 0.5) is 0 Å². The summed E-state index contributed by atoms with van der Waals surface area (Å²) in [4.78, 5) is 11.9. The van der Waals surface area contributed by atoms with Crippen molar-refractivity contribution in [3.05, 3.63) is 34.9 Å². The largest absolute Gasteiger partial charge is 0.504 e. The fraction of sp³-hybridized carbons (Fsp3) is 0.357. The van der Waals surface area contributed by atoms with Crippen molar-refractivity contribution in [1.82, 2.24) is 0 Å². The number of phenolic OH excluding ortho intramolecular Hbond substituents is 2. The summed E-state index contributed by atoms with van der Waals surface area (Å²) >= 11 is 0. The van der Waals surface area contributed by atoms with Gasteiger partial charge in [0.1, 0.15) is 0 Å². The van der Waals surface area contributed by atoms with Gasteiger partial charge >= 0.3 is 0 Å². The van der Waals surface area contributed by atoms with Gasteiger partial charge in [0.15, 0.2) is 17.3 Å². The number of phenols is 2. The lowest BCUT2D eigenvalue weighted by molar-refractivity contribution is 0.0982. The van der Waals surface area contributed by atoms with Gasteiger partial charge in [0, 0.05) is 17.5 Å². The van der Waals surface area contributed by atoms with E-state index in [1.165, 1.54) is 0 Å². The van der Waals surface area contributed by atoms with E-state index in [9.17, 15) is 15.0 Å². The van der Waals surface area contributed by atoms with Gasteiger partial charge in [0.2, 0.25) is 0 Å². The van der Waals surface area contributed by atoms with Gasteiger partial charge in [0.05, 0.1) is 0 Å². The third kappa shape index (κ3) is 2.87. The van der Waals surface area contributed by atoms with E-state index < -0.39 is 0 Å². The van der Waals surface area contributed by atoms with E-state index in [4.69, 9.17) is 0 Å². The molecular formula is C14H18O3. The van der Waals surface area contributed by atoms with Crippen LogP contribution >= 0.6 is 0 Å². The number of hydrogen-bond donors (Lipinski definition) is 2. The Morgan fingerprint density at radius 2 is 1.94 bits per heavy atom. The Bertz CT molecular complexity index is 459. The summed E-state index contributed by atoms with van der Waals surface area (Å²) in [6, 6.07) is 1.63. The van der Waals surface area contributed by atoms with Gasteiger partial charge in [-0.3, -0.25) is 4.79 Å². The lowest BCUT2D eigenvalue weighted by Crippen LogP contribution is -2.02. The summed E-state index contributed by atoms with van der Waals surface area (Å²) in [5.41, 5.74) is 1.45. The van der Waals surface area contributed by atoms with Crippen molar-refractivity contribution in [1.29, 1.82) is 0 Å². The third-order valence-corrected chi connectivity index (χ3v) is 2.79. The molecule has 92 valence electrons. The van der Waals surface area contributed by atoms with Crippen LogP contribution in [0.5, 0.6) is 11.5 Å². The molecule has 3 heteroatoms. The number of carbonyl (C=O) groups is 1. The second-order valence-corrected chi connectivity index (χ2v) is 4.09. The van der Waals surface area contributed by atoms with E-state index >= 15 is 0 Å². The minimum absolute atomic E-state index is 0.0148. The van der Waals surface area contributed by atoms with Gasteiger partial charge in [-0.15, -0.1) is 0 Å². The number of ketones is 1. The Balaban J connectivity index is 3.02. The second kappa shape index (κ2) is 5.53. The van der Waals surface area contributed by atoms with Crippen LogP contribution in [0, 0.1) is 13.8 Å². The molecule has 0 heterocycles. The molecule has 0 atom stereocenters. The number of allylic oxidation sites excluding steroid dienone is 2. The highest BCUT2D eigenvalue weighted by atomic mass is 16.3. The summed E-state index contributed by atoms with van der Waals surface area (Å²) < 4.78 is 0. The Kier molecular flexibility index (Phi) is 4.32. The zero-order valence-electron chi connectivity index (χ0n) is 10.4. The Morgan fingerprint density at radius 3 is 2.53 bits per heavy atom. The molecule has 0 unspecified atom stereocenters. The molecule has 0 aliphatic heterocycles. The van der Waals surface area contributed by atoms with Gasteiger partial charge in [-0.05, 0) is 38.8 Å². The third-order valence-electron chi connectivity index (χ3n) is 2.79. The van der Waals surface area contributed by atoms with Gasteiger partial charge in [0.25, 0.3) is 0 Å². The maximum atomic E-state index is 11.9. The molecular weight excluding hydrogens is 216 g/mol. The molecule has 17 heavy (non-hydrogen) atoms. The molecule has 0 aliphatic carbocycles. The van der Waals surface area contributed by atoms with Crippen molar-refractivity contribution in [2.45, 2.75) is 33.6 Å². The van der Waals surface area contributed by atoms with Crippen LogP contribution in [0.1, 0.15) is 41.3 Å². The SMILES string of the molecule is C/C=C/CCC(=O)c1cc(C)c(O)c(O)c1C. The fourth-order valence-corrected chi connectivity index (χ4v) is 1.69. The fourth-order valence-electron chi connectivity index (χ4n) is 1.69. The number of carbonyl (C=O) groups excluding carboxylic acids is 1. The number of Topliss-reactive ketones (excluding diaryl/α,β-unsaturated/α-hetero) is 1. The number of aryl methyl sites for hydroxylation is 1. The molecule has 0 aromatic heterocycles. The van der Waals surface area contributed by atoms with Crippen LogP contribution in [0.15, 0.2) is 18.2 Å². The van der Waals surface area contributed by atoms with Crippen LogP contribution in [-0.2, 0) is 0 Å². The van der Waals surface area contributed by atoms with Gasteiger partial charge in [-0.2, -0.15) is 0 Å². The summed E-state index contributed by atoms with van der Waals surface area (Å²) in [5, 5.41) is 19.2.